The average molecular weight is 168 g/mol. The van der Waals surface area contributed by atoms with Crippen molar-refractivity contribution in [1.29, 1.82) is 0 Å². The van der Waals surface area contributed by atoms with Gasteiger partial charge in [-0.3, -0.25) is 4.79 Å². The molecule has 0 aromatic heterocycles. The van der Waals surface area contributed by atoms with E-state index in [0.717, 1.165) is 0 Å². The van der Waals surface area contributed by atoms with Gasteiger partial charge in [0.2, 0.25) is 0 Å². The van der Waals surface area contributed by atoms with Gasteiger partial charge in [-0.25, -0.2) is 4.34 Å². The van der Waals surface area contributed by atoms with Crippen LogP contribution in [-0.2, 0) is 9.53 Å². The second-order valence-electron chi connectivity index (χ2n) is 0.887. The Morgan fingerprint density at radius 2 is 2.57 bits per heavy atom. The van der Waals surface area contributed by atoms with E-state index in [0.29, 0.717) is 0 Å². The van der Waals surface area contributed by atoms with Crippen molar-refractivity contribution >= 4 is 22.1 Å². The van der Waals surface area contributed by atoms with E-state index < -0.39 is 0 Å². The molecule has 0 rings (SSSR count). The maximum Gasteiger partial charge on any atom is 0.320 e. The number of halogens is 1. The molecule has 0 saturated carbocycles. The van der Waals surface area contributed by atoms with E-state index in [4.69, 9.17) is 0 Å². The molecule has 0 radical (unpaired) electrons. The van der Waals surface area contributed by atoms with Crippen LogP contribution >= 0.6 is 16.1 Å². The number of carbonyl (C=O) groups is 1. The fraction of sp³-hybridized carbons (Fsp3) is 0.667. The van der Waals surface area contributed by atoms with Crippen LogP contribution in [0.3, 0.4) is 0 Å². The third-order valence-electron chi connectivity index (χ3n) is 0.439. The first-order valence-electron chi connectivity index (χ1n) is 1.71. The van der Waals surface area contributed by atoms with Crippen molar-refractivity contribution in [1.82, 2.24) is 4.34 Å². The molecule has 0 aliphatic rings. The van der Waals surface area contributed by atoms with Gasteiger partial charge in [0.15, 0.2) is 0 Å². The predicted molar refractivity (Wildman–Crippen MR) is 28.9 cm³/mol. The smallest absolute Gasteiger partial charge is 0.320 e. The Hall–Kier alpha value is -0.0900. The summed E-state index contributed by atoms with van der Waals surface area (Å²) in [5.74, 6) is -0.281. The molecule has 0 spiro atoms. The van der Waals surface area contributed by atoms with E-state index in [1.54, 1.807) is 0 Å². The Morgan fingerprint density at radius 1 is 2.00 bits per heavy atom. The van der Waals surface area contributed by atoms with Crippen molar-refractivity contribution in [2.75, 3.05) is 13.7 Å². The van der Waals surface area contributed by atoms with Gasteiger partial charge in [-0.2, -0.15) is 0 Å². The lowest BCUT2D eigenvalue weighted by Gasteiger charge is -1.91. The zero-order valence-electron chi connectivity index (χ0n) is 3.90. The fourth-order valence-corrected chi connectivity index (χ4v) is 0.356. The minimum Gasteiger partial charge on any atom is -0.468 e. The fourth-order valence-electron chi connectivity index (χ4n) is 0.127. The third-order valence-corrected chi connectivity index (χ3v) is 0.719. The normalized spacial score (nSPS) is 8.29. The quantitative estimate of drug-likeness (QED) is 0.468. The van der Waals surface area contributed by atoms with E-state index in [9.17, 15) is 4.79 Å². The zero-order chi connectivity index (χ0) is 5.70. The van der Waals surface area contributed by atoms with Gasteiger partial charge in [-0.15, -0.1) is 0 Å². The molecule has 0 bridgehead atoms. The summed E-state index contributed by atoms with van der Waals surface area (Å²) in [6.07, 6.45) is 0. The number of hydrogen-bond donors (Lipinski definition) is 1. The highest BCUT2D eigenvalue weighted by Gasteiger charge is 1.92. The molecule has 0 heterocycles. The minimum absolute atomic E-state index is 0.205. The molecule has 0 unspecified atom stereocenters. The third kappa shape index (κ3) is 3.75. The number of methoxy groups -OCH3 is 1. The first kappa shape index (κ1) is 6.91. The standard InChI is InChI=1S/C3H6BrNO2/c1-7-3(6)2-5-4/h5H,2H2,1H3. The van der Waals surface area contributed by atoms with Crippen molar-refractivity contribution in [2.24, 2.45) is 0 Å². The summed E-state index contributed by atoms with van der Waals surface area (Å²) in [6.45, 7) is 0.205. The topological polar surface area (TPSA) is 38.3 Å². The van der Waals surface area contributed by atoms with Crippen LogP contribution in [0.4, 0.5) is 0 Å². The summed E-state index contributed by atoms with van der Waals surface area (Å²) < 4.78 is 6.72. The number of esters is 1. The van der Waals surface area contributed by atoms with E-state index in [1.165, 1.54) is 7.11 Å². The van der Waals surface area contributed by atoms with Gasteiger partial charge in [0.1, 0.15) is 6.54 Å². The van der Waals surface area contributed by atoms with E-state index in [1.807, 2.05) is 0 Å². The molecule has 0 atom stereocenters. The molecule has 0 saturated heterocycles. The summed E-state index contributed by atoms with van der Waals surface area (Å²) in [6, 6.07) is 0. The van der Waals surface area contributed by atoms with Crippen LogP contribution in [0.15, 0.2) is 0 Å². The van der Waals surface area contributed by atoms with E-state index >= 15 is 0 Å². The summed E-state index contributed by atoms with van der Waals surface area (Å²) in [5.41, 5.74) is 0. The maximum absolute atomic E-state index is 10.1. The number of nitrogens with one attached hydrogen (secondary N) is 1. The monoisotopic (exact) mass is 167 g/mol. The predicted octanol–water partition coefficient (Wildman–Crippen LogP) is 0.0589. The van der Waals surface area contributed by atoms with Gasteiger partial charge < -0.3 is 4.74 Å². The first-order chi connectivity index (χ1) is 3.31. The number of rotatable bonds is 2. The Morgan fingerprint density at radius 3 is 2.71 bits per heavy atom. The molecule has 0 fully saturated rings. The SMILES string of the molecule is COC(=O)CNBr. The lowest BCUT2D eigenvalue weighted by atomic mass is 10.7. The second kappa shape index (κ2) is 4.08. The maximum atomic E-state index is 10.1. The highest BCUT2D eigenvalue weighted by atomic mass is 79.9. The molecular weight excluding hydrogens is 162 g/mol. The van der Waals surface area contributed by atoms with Crippen molar-refractivity contribution in [3.05, 3.63) is 0 Å². The summed E-state index contributed by atoms with van der Waals surface area (Å²) in [7, 11) is 1.34. The molecule has 42 valence electrons. The van der Waals surface area contributed by atoms with Gasteiger partial charge in [-0.1, -0.05) is 0 Å². The number of hydrogen-bond acceptors (Lipinski definition) is 3. The second-order valence-corrected chi connectivity index (χ2v) is 1.45. The molecule has 4 heteroatoms. The largest absolute Gasteiger partial charge is 0.468 e. The average Bonchev–Trinajstić information content (AvgIpc) is 1.68. The van der Waals surface area contributed by atoms with Gasteiger partial charge in [0.05, 0.1) is 7.11 Å². The molecule has 0 aliphatic heterocycles. The molecule has 0 aromatic carbocycles. The molecule has 1 N–H and O–H groups in total. The summed E-state index contributed by atoms with van der Waals surface area (Å²) in [4.78, 5) is 10.1. The first-order valence-corrected chi connectivity index (χ1v) is 2.51. The van der Waals surface area contributed by atoms with E-state index in [2.05, 4.69) is 25.2 Å². The molecule has 7 heavy (non-hydrogen) atoms. The molecular formula is C3H6BrNO2. The zero-order valence-corrected chi connectivity index (χ0v) is 5.49. The number of carbonyl (C=O) groups excluding carboxylic acids is 1. The Balaban J connectivity index is 3.00. The summed E-state index contributed by atoms with van der Waals surface area (Å²) >= 11 is 2.84. The van der Waals surface area contributed by atoms with Crippen LogP contribution in [0.2, 0.25) is 0 Å². The minimum atomic E-state index is -0.281. The van der Waals surface area contributed by atoms with Crippen molar-refractivity contribution in [3.63, 3.8) is 0 Å². The van der Waals surface area contributed by atoms with E-state index in [-0.39, 0.29) is 12.5 Å². The van der Waals surface area contributed by atoms with Crippen LogP contribution in [-0.4, -0.2) is 19.6 Å². The summed E-state index contributed by atoms with van der Waals surface area (Å²) in [5, 5.41) is 0. The molecule has 3 nitrogen and oxygen atoms in total. The Bertz CT molecular complexity index is 66.0. The van der Waals surface area contributed by atoms with Crippen LogP contribution in [0.1, 0.15) is 0 Å². The molecule has 0 aromatic rings. The highest BCUT2D eigenvalue weighted by molar-refractivity contribution is 9.08. The van der Waals surface area contributed by atoms with Gasteiger partial charge in [-0.05, 0) is 0 Å². The van der Waals surface area contributed by atoms with Crippen LogP contribution in [0.5, 0.6) is 0 Å². The lowest BCUT2D eigenvalue weighted by Crippen LogP contribution is -2.14. The number of ether oxygens (including phenoxy) is 1. The van der Waals surface area contributed by atoms with Crippen molar-refractivity contribution < 1.29 is 9.53 Å². The lowest BCUT2D eigenvalue weighted by molar-refractivity contribution is -0.139. The molecule has 0 aliphatic carbocycles. The van der Waals surface area contributed by atoms with Gasteiger partial charge in [0, 0.05) is 16.1 Å². The molecule has 0 amide bonds. The Labute approximate surface area is 50.4 Å². The highest BCUT2D eigenvalue weighted by Crippen LogP contribution is 1.71. The van der Waals surface area contributed by atoms with Crippen molar-refractivity contribution in [3.8, 4) is 0 Å². The van der Waals surface area contributed by atoms with Crippen LogP contribution in [0.25, 0.3) is 0 Å². The van der Waals surface area contributed by atoms with Crippen LogP contribution < -0.4 is 4.34 Å². The van der Waals surface area contributed by atoms with Gasteiger partial charge >= 0.3 is 5.97 Å². The Kier molecular flexibility index (Phi) is 4.03. The van der Waals surface area contributed by atoms with Crippen molar-refractivity contribution in [2.45, 2.75) is 0 Å². The van der Waals surface area contributed by atoms with Crippen LogP contribution in [0, 0.1) is 0 Å². The van der Waals surface area contributed by atoms with Gasteiger partial charge in [0.25, 0.3) is 0 Å².